The normalized spacial score (nSPS) is 17.3. The van der Waals surface area contributed by atoms with Crippen LogP contribution in [0.25, 0.3) is 0 Å². The highest BCUT2D eigenvalue weighted by atomic mass is 16.5. The molecule has 0 spiro atoms. The Balaban J connectivity index is 1.89. The summed E-state index contributed by atoms with van der Waals surface area (Å²) < 4.78 is 5.39. The summed E-state index contributed by atoms with van der Waals surface area (Å²) in [4.78, 5) is 23.8. The number of rotatable bonds is 5. The second-order valence-electron chi connectivity index (χ2n) is 5.11. The predicted molar refractivity (Wildman–Crippen MR) is 84.0 cm³/mol. The molecule has 1 fully saturated rings. The average molecular weight is 314 g/mol. The van der Waals surface area contributed by atoms with Crippen molar-refractivity contribution in [1.29, 1.82) is 5.26 Å². The van der Waals surface area contributed by atoms with E-state index >= 15 is 0 Å². The van der Waals surface area contributed by atoms with Crippen molar-refractivity contribution in [2.75, 3.05) is 18.9 Å². The van der Waals surface area contributed by atoms with Crippen molar-refractivity contribution in [1.82, 2.24) is 10.6 Å². The molecular weight excluding hydrogens is 296 g/mol. The lowest BCUT2D eigenvalue weighted by Gasteiger charge is -2.10. The second kappa shape index (κ2) is 7.96. The minimum absolute atomic E-state index is 0.0109. The third kappa shape index (κ3) is 4.83. The van der Waals surface area contributed by atoms with E-state index in [1.807, 2.05) is 0 Å². The predicted octanol–water partition coefficient (Wildman–Crippen LogP) is 0.701. The summed E-state index contributed by atoms with van der Waals surface area (Å²) in [7, 11) is 0. The lowest BCUT2D eigenvalue weighted by atomic mass is 10.2. The Morgan fingerprint density at radius 1 is 1.39 bits per heavy atom. The number of nitrogens with one attached hydrogen (secondary N) is 2. The Morgan fingerprint density at radius 3 is 2.74 bits per heavy atom. The minimum atomic E-state index is -0.541. The Labute approximate surface area is 134 Å². The fraction of sp³-hybridized carbons (Fsp3) is 0.312. The molecule has 1 heterocycles. The highest BCUT2D eigenvalue weighted by Gasteiger charge is 2.17. The summed E-state index contributed by atoms with van der Waals surface area (Å²) in [6.07, 6.45) is 2.95. The van der Waals surface area contributed by atoms with Gasteiger partial charge in [-0.1, -0.05) is 0 Å². The molecule has 7 heteroatoms. The van der Waals surface area contributed by atoms with E-state index in [2.05, 4.69) is 10.6 Å². The third-order valence-electron chi connectivity index (χ3n) is 3.40. The molecule has 2 rings (SSSR count). The number of amides is 2. The Morgan fingerprint density at radius 2 is 2.13 bits per heavy atom. The molecule has 0 bridgehead atoms. The van der Waals surface area contributed by atoms with Crippen LogP contribution in [0.4, 0.5) is 5.69 Å². The molecule has 0 saturated carbocycles. The molecule has 1 aliphatic heterocycles. The van der Waals surface area contributed by atoms with Gasteiger partial charge in [-0.25, -0.2) is 0 Å². The van der Waals surface area contributed by atoms with Gasteiger partial charge < -0.3 is 21.1 Å². The monoisotopic (exact) mass is 314 g/mol. The number of benzene rings is 1. The lowest BCUT2D eigenvalue weighted by Crippen LogP contribution is -2.33. The molecule has 23 heavy (non-hydrogen) atoms. The van der Waals surface area contributed by atoms with Crippen molar-refractivity contribution >= 4 is 17.5 Å². The number of carbonyl (C=O) groups is 2. The molecule has 4 N–H and O–H groups in total. The van der Waals surface area contributed by atoms with E-state index in [4.69, 9.17) is 15.7 Å². The van der Waals surface area contributed by atoms with E-state index in [9.17, 15) is 9.59 Å². The molecule has 1 saturated heterocycles. The quantitative estimate of drug-likeness (QED) is 0.420. The topological polar surface area (TPSA) is 117 Å². The molecule has 1 aromatic rings. The first-order valence-corrected chi connectivity index (χ1v) is 7.26. The largest absolute Gasteiger partial charge is 0.399 e. The summed E-state index contributed by atoms with van der Waals surface area (Å²) in [5.74, 6) is -0.967. The van der Waals surface area contributed by atoms with Gasteiger partial charge in [-0.2, -0.15) is 5.26 Å². The van der Waals surface area contributed by atoms with Gasteiger partial charge in [0.25, 0.3) is 11.8 Å². The number of hydrogen-bond acceptors (Lipinski definition) is 5. The first kappa shape index (κ1) is 16.5. The van der Waals surface area contributed by atoms with Crippen molar-refractivity contribution in [2.45, 2.75) is 18.9 Å². The molecule has 1 atom stereocenters. The molecule has 0 aromatic heterocycles. The maximum atomic E-state index is 11.9. The van der Waals surface area contributed by atoms with E-state index in [0.717, 1.165) is 19.0 Å². The summed E-state index contributed by atoms with van der Waals surface area (Å²) in [6.45, 7) is 1.04. The number of nitrogen functional groups attached to an aromatic ring is 1. The van der Waals surface area contributed by atoms with Gasteiger partial charge in [-0.15, -0.1) is 0 Å². The number of nitrogens with zero attached hydrogens (tertiary/aromatic N) is 1. The average Bonchev–Trinajstić information content (AvgIpc) is 3.07. The van der Waals surface area contributed by atoms with Crippen molar-refractivity contribution < 1.29 is 14.3 Å². The van der Waals surface area contributed by atoms with Gasteiger partial charge in [-0.05, 0) is 37.1 Å². The summed E-state index contributed by atoms with van der Waals surface area (Å²) in [5.41, 5.74) is 6.30. The number of nitrogens with two attached hydrogens (primary N) is 1. The van der Waals surface area contributed by atoms with Crippen LogP contribution in [-0.4, -0.2) is 31.1 Å². The van der Waals surface area contributed by atoms with Crippen molar-refractivity contribution in [3.63, 3.8) is 0 Å². The summed E-state index contributed by atoms with van der Waals surface area (Å²) in [6, 6.07) is 8.07. The highest BCUT2D eigenvalue weighted by molar-refractivity contribution is 5.99. The van der Waals surface area contributed by atoms with Gasteiger partial charge in [0.1, 0.15) is 11.6 Å². The molecule has 1 aromatic carbocycles. The molecule has 7 nitrogen and oxygen atoms in total. The zero-order valence-electron chi connectivity index (χ0n) is 12.5. The molecular formula is C16H18N4O3. The molecule has 0 radical (unpaired) electrons. The van der Waals surface area contributed by atoms with E-state index in [1.54, 1.807) is 30.3 Å². The molecule has 0 aliphatic carbocycles. The van der Waals surface area contributed by atoms with E-state index in [0.29, 0.717) is 24.4 Å². The number of hydrogen-bond donors (Lipinski definition) is 3. The van der Waals surface area contributed by atoms with Gasteiger partial charge in [0, 0.05) is 30.6 Å². The lowest BCUT2D eigenvalue weighted by molar-refractivity contribution is -0.117. The fourth-order valence-corrected chi connectivity index (χ4v) is 2.11. The molecule has 120 valence electrons. The van der Waals surface area contributed by atoms with E-state index < -0.39 is 11.8 Å². The van der Waals surface area contributed by atoms with Crippen LogP contribution in [0.1, 0.15) is 23.2 Å². The van der Waals surface area contributed by atoms with Gasteiger partial charge in [0.05, 0.1) is 6.10 Å². The second-order valence-corrected chi connectivity index (χ2v) is 5.11. The Bertz CT molecular complexity index is 640. The number of ether oxygens (including phenoxy) is 1. The zero-order chi connectivity index (χ0) is 16.7. The molecule has 1 unspecified atom stereocenters. The first-order valence-electron chi connectivity index (χ1n) is 7.26. The first-order chi connectivity index (χ1) is 11.1. The van der Waals surface area contributed by atoms with Crippen LogP contribution in [0.2, 0.25) is 0 Å². The van der Waals surface area contributed by atoms with E-state index in [1.165, 1.54) is 0 Å². The van der Waals surface area contributed by atoms with Crippen molar-refractivity contribution in [3.8, 4) is 6.07 Å². The number of nitriles is 1. The fourth-order valence-electron chi connectivity index (χ4n) is 2.11. The van der Waals surface area contributed by atoms with Crippen LogP contribution in [-0.2, 0) is 9.53 Å². The number of anilines is 1. The highest BCUT2D eigenvalue weighted by Crippen LogP contribution is 2.10. The maximum absolute atomic E-state index is 11.9. The van der Waals surface area contributed by atoms with Gasteiger partial charge in [0.15, 0.2) is 0 Å². The Kier molecular flexibility index (Phi) is 5.72. The van der Waals surface area contributed by atoms with Crippen LogP contribution < -0.4 is 16.4 Å². The summed E-state index contributed by atoms with van der Waals surface area (Å²) >= 11 is 0. The van der Waals surface area contributed by atoms with E-state index in [-0.39, 0.29) is 11.7 Å². The zero-order valence-corrected chi connectivity index (χ0v) is 12.5. The summed E-state index contributed by atoms with van der Waals surface area (Å²) in [5, 5.41) is 14.1. The Hall–Kier alpha value is -2.85. The third-order valence-corrected chi connectivity index (χ3v) is 3.40. The van der Waals surface area contributed by atoms with Crippen LogP contribution in [0, 0.1) is 11.3 Å². The molecule has 1 aliphatic rings. The minimum Gasteiger partial charge on any atom is -0.399 e. The van der Waals surface area contributed by atoms with Gasteiger partial charge in [0.2, 0.25) is 0 Å². The standard InChI is InChI=1S/C16H18N4O3/c17-8-12(16(22)20-10-14-2-1-7-23-14)9-19-15(21)11-3-5-13(18)6-4-11/h3-6,9,14H,1-2,7,10,18H2,(H,19,21)(H,20,22)/b12-9-. The maximum Gasteiger partial charge on any atom is 0.263 e. The van der Waals surface area contributed by atoms with Crippen molar-refractivity contribution in [2.24, 2.45) is 0 Å². The van der Waals surface area contributed by atoms with Crippen LogP contribution in [0.5, 0.6) is 0 Å². The van der Waals surface area contributed by atoms with Crippen molar-refractivity contribution in [3.05, 3.63) is 41.6 Å². The van der Waals surface area contributed by atoms with Crippen LogP contribution in [0.3, 0.4) is 0 Å². The van der Waals surface area contributed by atoms with Gasteiger partial charge in [-0.3, -0.25) is 9.59 Å². The van der Waals surface area contributed by atoms with Gasteiger partial charge >= 0.3 is 0 Å². The molecule has 2 amide bonds. The van der Waals surface area contributed by atoms with Crippen LogP contribution in [0.15, 0.2) is 36.0 Å². The number of carbonyl (C=O) groups excluding carboxylic acids is 2. The SMILES string of the molecule is N#C/C(=C/NC(=O)c1ccc(N)cc1)C(=O)NCC1CCCO1. The smallest absolute Gasteiger partial charge is 0.263 e. The van der Waals surface area contributed by atoms with Crippen LogP contribution >= 0.6 is 0 Å².